The van der Waals surface area contributed by atoms with E-state index in [9.17, 15) is 13.2 Å². The van der Waals surface area contributed by atoms with Gasteiger partial charge in [0.25, 0.3) is 0 Å². The van der Waals surface area contributed by atoms with Crippen molar-refractivity contribution in [2.45, 2.75) is 44.3 Å². The van der Waals surface area contributed by atoms with Crippen molar-refractivity contribution in [3.05, 3.63) is 18.5 Å². The van der Waals surface area contributed by atoms with E-state index in [0.29, 0.717) is 25.6 Å². The number of fused-ring (bicyclic) bond motifs is 1. The first-order chi connectivity index (χ1) is 13.9. The normalized spacial score (nSPS) is 30.0. The van der Waals surface area contributed by atoms with Crippen molar-refractivity contribution in [3.63, 3.8) is 0 Å². The minimum Gasteiger partial charge on any atom is -0.342 e. The number of likely N-dealkylation sites (tertiary alicyclic amines) is 1. The first kappa shape index (κ1) is 19.2. The molecule has 9 heteroatoms. The van der Waals surface area contributed by atoms with Crippen molar-refractivity contribution in [2.24, 2.45) is 10.8 Å². The van der Waals surface area contributed by atoms with Crippen LogP contribution in [0.5, 0.6) is 0 Å². The van der Waals surface area contributed by atoms with Gasteiger partial charge >= 0.3 is 0 Å². The van der Waals surface area contributed by atoms with Crippen LogP contribution in [0, 0.1) is 10.8 Å². The van der Waals surface area contributed by atoms with Gasteiger partial charge < -0.3 is 9.80 Å². The van der Waals surface area contributed by atoms with E-state index >= 15 is 0 Å². The highest BCUT2D eigenvalue weighted by Gasteiger charge is 2.66. The Balaban J connectivity index is 1.46. The zero-order chi connectivity index (χ0) is 20.3. The second-order valence-electron chi connectivity index (χ2n) is 9.05. The number of rotatable bonds is 4. The highest BCUT2D eigenvalue weighted by Crippen LogP contribution is 2.58. The Kier molecular flexibility index (Phi) is 4.40. The standard InChI is InChI=1S/C20H29N5O3S/c1-2-23-11-8-20(17(23)26)15-24(18-21-9-3-10-22-18)14-19(20)6-12-25(13-7-19)29(27,28)16-4-5-16/h3,9-10,16H,2,4-8,11-15H2,1H3/t20-/m0/s1. The molecule has 8 nitrogen and oxygen atoms in total. The second kappa shape index (κ2) is 6.63. The van der Waals surface area contributed by atoms with Crippen molar-refractivity contribution < 1.29 is 13.2 Å². The summed E-state index contributed by atoms with van der Waals surface area (Å²) in [5.41, 5.74) is -0.680. The summed E-state index contributed by atoms with van der Waals surface area (Å²) in [6.45, 7) is 5.92. The van der Waals surface area contributed by atoms with Gasteiger partial charge in [0.2, 0.25) is 21.9 Å². The maximum atomic E-state index is 13.5. The van der Waals surface area contributed by atoms with Crippen molar-refractivity contribution >= 4 is 21.9 Å². The third-order valence-corrected chi connectivity index (χ3v) is 10.1. The molecule has 5 rings (SSSR count). The van der Waals surface area contributed by atoms with Gasteiger partial charge in [0, 0.05) is 57.1 Å². The molecule has 1 aliphatic carbocycles. The van der Waals surface area contributed by atoms with E-state index in [1.165, 1.54) is 0 Å². The zero-order valence-electron chi connectivity index (χ0n) is 17.0. The SMILES string of the molecule is CCN1CC[C@]2(CN(c3ncccn3)CC23CCN(S(=O)(=O)C2CC2)CC3)C1=O. The van der Waals surface area contributed by atoms with Crippen molar-refractivity contribution in [2.75, 3.05) is 44.2 Å². The van der Waals surface area contributed by atoms with Crippen LogP contribution in [0.4, 0.5) is 5.95 Å². The summed E-state index contributed by atoms with van der Waals surface area (Å²) in [7, 11) is -3.17. The first-order valence-electron chi connectivity index (χ1n) is 10.7. The lowest BCUT2D eigenvalue weighted by molar-refractivity contribution is -0.141. The molecule has 4 fully saturated rings. The van der Waals surface area contributed by atoms with Gasteiger partial charge in [-0.05, 0) is 45.1 Å². The molecule has 158 valence electrons. The van der Waals surface area contributed by atoms with E-state index in [0.717, 1.165) is 51.7 Å². The largest absolute Gasteiger partial charge is 0.342 e. The zero-order valence-corrected chi connectivity index (χ0v) is 17.8. The third-order valence-electron chi connectivity index (χ3n) is 7.68. The molecule has 4 aliphatic rings. The lowest BCUT2D eigenvalue weighted by atomic mass is 9.60. The number of hydrogen-bond acceptors (Lipinski definition) is 6. The molecule has 0 N–H and O–H groups in total. The highest BCUT2D eigenvalue weighted by atomic mass is 32.2. The van der Waals surface area contributed by atoms with E-state index in [1.54, 1.807) is 22.8 Å². The van der Waals surface area contributed by atoms with Gasteiger partial charge in [0.1, 0.15) is 0 Å². The molecular weight excluding hydrogens is 390 g/mol. The molecule has 0 unspecified atom stereocenters. The molecule has 4 heterocycles. The van der Waals surface area contributed by atoms with E-state index in [4.69, 9.17) is 0 Å². The first-order valence-corrected chi connectivity index (χ1v) is 12.2. The van der Waals surface area contributed by atoms with Gasteiger partial charge in [-0.3, -0.25) is 4.79 Å². The molecule has 1 aromatic heterocycles. The van der Waals surface area contributed by atoms with Crippen LogP contribution in [0.2, 0.25) is 0 Å². The molecule has 0 radical (unpaired) electrons. The summed E-state index contributed by atoms with van der Waals surface area (Å²) in [5, 5.41) is -0.174. The minimum atomic E-state index is -3.17. The van der Waals surface area contributed by atoms with Gasteiger partial charge in [-0.15, -0.1) is 0 Å². The Bertz CT molecular complexity index is 896. The summed E-state index contributed by atoms with van der Waals surface area (Å²) in [4.78, 5) is 26.5. The number of carbonyl (C=O) groups excluding carboxylic acids is 1. The third kappa shape index (κ3) is 2.80. The summed E-state index contributed by atoms with van der Waals surface area (Å²) < 4.78 is 27.1. The van der Waals surface area contributed by atoms with Crippen LogP contribution in [-0.2, 0) is 14.8 Å². The van der Waals surface area contributed by atoms with E-state index in [-0.39, 0.29) is 16.6 Å². The fourth-order valence-corrected chi connectivity index (χ4v) is 7.67. The van der Waals surface area contributed by atoms with Crippen LogP contribution >= 0.6 is 0 Å². The number of nitrogens with zero attached hydrogens (tertiary/aromatic N) is 5. The van der Waals surface area contributed by atoms with Crippen molar-refractivity contribution in [1.82, 2.24) is 19.2 Å². The number of amides is 1. The molecule has 1 amide bonds. The summed E-state index contributed by atoms with van der Waals surface area (Å²) in [6.07, 6.45) is 7.34. The van der Waals surface area contributed by atoms with E-state index < -0.39 is 15.4 Å². The number of aromatic nitrogens is 2. The van der Waals surface area contributed by atoms with Crippen LogP contribution in [0.25, 0.3) is 0 Å². The van der Waals surface area contributed by atoms with Crippen molar-refractivity contribution in [3.8, 4) is 0 Å². The van der Waals surface area contributed by atoms with E-state index in [2.05, 4.69) is 14.9 Å². The number of piperidine rings is 1. The topological polar surface area (TPSA) is 86.7 Å². The Morgan fingerprint density at radius 3 is 2.34 bits per heavy atom. The fourth-order valence-electron chi connectivity index (χ4n) is 5.82. The molecule has 0 aromatic carbocycles. The quantitative estimate of drug-likeness (QED) is 0.727. The number of carbonyl (C=O) groups is 1. The van der Waals surface area contributed by atoms with Crippen LogP contribution in [0.3, 0.4) is 0 Å². The predicted molar refractivity (Wildman–Crippen MR) is 109 cm³/mol. The lowest BCUT2D eigenvalue weighted by Gasteiger charge is -2.46. The number of anilines is 1. The molecule has 3 aliphatic heterocycles. The van der Waals surface area contributed by atoms with Crippen LogP contribution in [-0.4, -0.2) is 78.0 Å². The number of hydrogen-bond donors (Lipinski definition) is 0. The maximum Gasteiger partial charge on any atom is 0.231 e. The van der Waals surface area contributed by atoms with E-state index in [1.807, 2.05) is 11.8 Å². The Hall–Kier alpha value is -1.74. The molecule has 1 saturated carbocycles. The average molecular weight is 420 g/mol. The molecule has 0 bridgehead atoms. The van der Waals surface area contributed by atoms with Gasteiger partial charge in [0.15, 0.2) is 0 Å². The van der Waals surface area contributed by atoms with Crippen LogP contribution in [0.15, 0.2) is 18.5 Å². The molecule has 3 saturated heterocycles. The minimum absolute atomic E-state index is 0.174. The Labute approximate surface area is 172 Å². The summed E-state index contributed by atoms with van der Waals surface area (Å²) >= 11 is 0. The summed E-state index contributed by atoms with van der Waals surface area (Å²) in [6, 6.07) is 1.80. The van der Waals surface area contributed by atoms with Gasteiger partial charge in [-0.1, -0.05) is 0 Å². The van der Waals surface area contributed by atoms with Crippen LogP contribution in [0.1, 0.15) is 39.0 Å². The monoisotopic (exact) mass is 419 g/mol. The van der Waals surface area contributed by atoms with Gasteiger partial charge in [0.05, 0.1) is 10.7 Å². The summed E-state index contributed by atoms with van der Waals surface area (Å²) in [5.74, 6) is 0.900. The Morgan fingerprint density at radius 2 is 1.76 bits per heavy atom. The Morgan fingerprint density at radius 1 is 1.07 bits per heavy atom. The fraction of sp³-hybridized carbons (Fsp3) is 0.750. The molecule has 1 atom stereocenters. The molecule has 2 spiro atoms. The van der Waals surface area contributed by atoms with Crippen LogP contribution < -0.4 is 4.90 Å². The lowest BCUT2D eigenvalue weighted by Crippen LogP contribution is -2.54. The average Bonchev–Trinajstić information content (AvgIpc) is 3.49. The predicted octanol–water partition coefficient (Wildman–Crippen LogP) is 1.11. The van der Waals surface area contributed by atoms with Crippen molar-refractivity contribution in [1.29, 1.82) is 0 Å². The second-order valence-corrected chi connectivity index (χ2v) is 11.3. The highest BCUT2D eigenvalue weighted by molar-refractivity contribution is 7.90. The maximum absolute atomic E-state index is 13.5. The molecule has 1 aromatic rings. The van der Waals surface area contributed by atoms with Gasteiger partial charge in [-0.2, -0.15) is 0 Å². The smallest absolute Gasteiger partial charge is 0.231 e. The number of sulfonamides is 1. The van der Waals surface area contributed by atoms with Gasteiger partial charge in [-0.25, -0.2) is 22.7 Å². The molecule has 29 heavy (non-hydrogen) atoms. The molecular formula is C20H29N5O3S.